The van der Waals surface area contributed by atoms with Crippen LogP contribution in [-0.2, 0) is 20.3 Å². The molecule has 5 atom stereocenters. The highest BCUT2D eigenvalue weighted by Crippen LogP contribution is 2.45. The van der Waals surface area contributed by atoms with Crippen molar-refractivity contribution in [2.45, 2.75) is 88.4 Å². The summed E-state index contributed by atoms with van der Waals surface area (Å²) in [5, 5.41) is 18.8. The molecule has 2 aliphatic rings. The van der Waals surface area contributed by atoms with Gasteiger partial charge in [-0.25, -0.2) is 14.8 Å². The molecule has 3 N–H and O–H groups in total. The third kappa shape index (κ3) is 7.29. The van der Waals surface area contributed by atoms with E-state index >= 15 is 0 Å². The molecule has 2 aromatic heterocycles. The normalized spacial score (nSPS) is 22.6. The fraction of sp³-hybridized carbons (Fsp3) is 0.485. The van der Waals surface area contributed by atoms with E-state index in [1.807, 2.05) is 6.92 Å². The minimum absolute atomic E-state index is 0.0474. The van der Waals surface area contributed by atoms with Crippen LogP contribution in [0.15, 0.2) is 53.8 Å². The van der Waals surface area contributed by atoms with E-state index in [2.05, 4.69) is 32.3 Å². The lowest BCUT2D eigenvalue weighted by atomic mass is 10.0. The summed E-state index contributed by atoms with van der Waals surface area (Å²) >= 11 is 0. The van der Waals surface area contributed by atoms with Gasteiger partial charge in [-0.05, 0) is 25.0 Å². The van der Waals surface area contributed by atoms with Crippen LogP contribution in [0.3, 0.4) is 0 Å². The van der Waals surface area contributed by atoms with Crippen molar-refractivity contribution in [1.29, 1.82) is 0 Å². The summed E-state index contributed by atoms with van der Waals surface area (Å²) in [4.78, 5) is 62.7. The Morgan fingerprint density at radius 3 is 2.52 bits per heavy atom. The van der Waals surface area contributed by atoms with Gasteiger partial charge >= 0.3 is 5.97 Å². The molecule has 13 nitrogen and oxygen atoms in total. The number of carbonyl (C=O) groups is 4. The molecule has 1 aliphatic heterocycles. The van der Waals surface area contributed by atoms with Gasteiger partial charge in [0.1, 0.15) is 30.0 Å². The largest absolute Gasteiger partial charge is 0.479 e. The van der Waals surface area contributed by atoms with Crippen molar-refractivity contribution in [3.63, 3.8) is 0 Å². The quantitative estimate of drug-likeness (QED) is 0.159. The predicted molar refractivity (Wildman–Crippen MR) is 167 cm³/mol. The molecule has 1 aliphatic carbocycles. The van der Waals surface area contributed by atoms with E-state index in [1.165, 1.54) is 23.3 Å². The van der Waals surface area contributed by atoms with Crippen molar-refractivity contribution in [2.24, 2.45) is 5.92 Å². The monoisotopic (exact) mass is 668 g/mol. The first-order valence-corrected chi connectivity index (χ1v) is 15.9. The molecular formula is C33H38F2N6O7. The summed E-state index contributed by atoms with van der Waals surface area (Å²) in [5.74, 6) is -7.72. The lowest BCUT2D eigenvalue weighted by Crippen LogP contribution is -2.56. The Balaban J connectivity index is 1.45. The van der Waals surface area contributed by atoms with Crippen LogP contribution in [0.2, 0.25) is 0 Å². The van der Waals surface area contributed by atoms with E-state index in [1.54, 1.807) is 24.3 Å². The van der Waals surface area contributed by atoms with Crippen LogP contribution >= 0.6 is 0 Å². The Kier molecular flexibility index (Phi) is 10.1. The molecule has 3 aromatic rings. The van der Waals surface area contributed by atoms with Gasteiger partial charge in [0, 0.05) is 25.3 Å². The second-order valence-corrected chi connectivity index (χ2v) is 12.3. The fourth-order valence-electron chi connectivity index (χ4n) is 6.00. The zero-order chi connectivity index (χ0) is 34.6. The third-order valence-electron chi connectivity index (χ3n) is 8.73. The highest BCUT2D eigenvalue weighted by atomic mass is 19.3. The molecule has 1 saturated heterocycles. The predicted octanol–water partition coefficient (Wildman–Crippen LogP) is 3.99. The van der Waals surface area contributed by atoms with E-state index < -0.39 is 70.8 Å². The van der Waals surface area contributed by atoms with Crippen LogP contribution in [-0.4, -0.2) is 79.1 Å². The Morgan fingerprint density at radius 2 is 1.92 bits per heavy atom. The molecule has 3 amide bonds. The molecule has 0 spiro atoms. The molecular weight excluding hydrogens is 630 g/mol. The van der Waals surface area contributed by atoms with Crippen molar-refractivity contribution >= 4 is 34.7 Å². The highest BCUT2D eigenvalue weighted by molar-refractivity contribution is 5.98. The maximum atomic E-state index is 14.8. The fourth-order valence-corrected chi connectivity index (χ4v) is 6.00. The number of aromatic nitrogens is 3. The van der Waals surface area contributed by atoms with Crippen LogP contribution in [0, 0.1) is 5.92 Å². The van der Waals surface area contributed by atoms with Crippen molar-refractivity contribution < 1.29 is 42.3 Å². The summed E-state index contributed by atoms with van der Waals surface area (Å²) in [6.07, 6.45) is 5.03. The van der Waals surface area contributed by atoms with Gasteiger partial charge < -0.3 is 29.9 Å². The summed E-state index contributed by atoms with van der Waals surface area (Å²) in [7, 11) is 0. The number of para-hydroxylation sites is 2. The number of aliphatic carboxylic acids is 1. The van der Waals surface area contributed by atoms with E-state index in [4.69, 9.17) is 9.26 Å². The number of unbranched alkanes of at least 4 members (excludes halogenated alkanes) is 3. The molecule has 2 fully saturated rings. The minimum atomic E-state index is -3.44. The van der Waals surface area contributed by atoms with Gasteiger partial charge in [0.05, 0.1) is 17.6 Å². The second-order valence-electron chi connectivity index (χ2n) is 12.3. The molecule has 15 heteroatoms. The molecule has 48 heavy (non-hydrogen) atoms. The van der Waals surface area contributed by atoms with E-state index in [9.17, 15) is 33.1 Å². The Bertz CT molecular complexity index is 1680. The average Bonchev–Trinajstić information content (AvgIpc) is 3.34. The number of nitrogens with one attached hydrogen (secondary N) is 2. The maximum absolute atomic E-state index is 14.8. The zero-order valence-electron chi connectivity index (χ0n) is 26.7. The lowest BCUT2D eigenvalue weighted by Gasteiger charge is -2.29. The van der Waals surface area contributed by atoms with Crippen LogP contribution in [0.25, 0.3) is 11.0 Å². The topological polar surface area (TPSA) is 177 Å². The first kappa shape index (κ1) is 34.4. The minimum Gasteiger partial charge on any atom is -0.479 e. The molecule has 0 radical (unpaired) electrons. The number of carbonyl (C=O) groups excluding carboxylic acids is 3. The number of rotatable bonds is 15. The number of nitrogens with zero attached hydrogens (tertiary/aromatic N) is 4. The van der Waals surface area contributed by atoms with Gasteiger partial charge in [-0.1, -0.05) is 56.0 Å². The number of amides is 3. The number of ether oxygens (including phenoxy) is 1. The SMILES string of the molecule is C=C[C@@H]1C[C@]1(NC(=O)[C@@H]1C[C@@H](Oc2nc3ccccc3nc2C(C)(F)F)CN1C(=O)[C@H](CCCCCC)NC(=O)c1ccon1)C(=O)O. The van der Waals surface area contributed by atoms with Crippen molar-refractivity contribution in [3.8, 4) is 5.88 Å². The Morgan fingerprint density at radius 1 is 1.19 bits per heavy atom. The maximum Gasteiger partial charge on any atom is 0.330 e. The molecule has 1 aromatic carbocycles. The number of hydrogen-bond donors (Lipinski definition) is 3. The second kappa shape index (κ2) is 14.0. The molecule has 0 bridgehead atoms. The standard InChI is InChI=1S/C33H38F2N6O7/c1-4-6-7-8-13-24(37-27(42)23-14-15-47-40-23)30(44)41-18-20(16-25(41)28(43)39-33(31(45)46)17-19(33)5-2)48-29-26(32(3,34)35)36-21-11-9-10-12-22(21)38-29/h5,9-12,14-15,19-20,24-25H,2,4,6-8,13,16-18H2,1,3H3,(H,37,42)(H,39,43)(H,45,46)/t19-,20-,24+,25+,33-/m1/s1. The smallest absolute Gasteiger partial charge is 0.330 e. The van der Waals surface area contributed by atoms with Gasteiger partial charge in [-0.3, -0.25) is 14.4 Å². The van der Waals surface area contributed by atoms with E-state index in [0.717, 1.165) is 19.3 Å². The van der Waals surface area contributed by atoms with Crippen molar-refractivity contribution in [1.82, 2.24) is 30.7 Å². The molecule has 1 saturated carbocycles. The molecule has 0 unspecified atom stereocenters. The number of likely N-dealkylation sites (tertiary alicyclic amines) is 1. The summed E-state index contributed by atoms with van der Waals surface area (Å²) in [5.41, 5.74) is -1.81. The number of hydrogen-bond acceptors (Lipinski definition) is 9. The third-order valence-corrected chi connectivity index (χ3v) is 8.73. The van der Waals surface area contributed by atoms with Gasteiger partial charge in [-0.15, -0.1) is 6.58 Å². The number of benzene rings is 1. The average molecular weight is 669 g/mol. The summed E-state index contributed by atoms with van der Waals surface area (Å²) in [6, 6.07) is 5.43. The first-order chi connectivity index (χ1) is 22.9. The van der Waals surface area contributed by atoms with E-state index in [-0.39, 0.29) is 37.0 Å². The highest BCUT2D eigenvalue weighted by Gasteiger charge is 2.61. The van der Waals surface area contributed by atoms with Crippen LogP contribution in [0.4, 0.5) is 8.78 Å². The zero-order valence-corrected chi connectivity index (χ0v) is 26.7. The number of carboxylic acid groups (broad SMARTS) is 1. The number of carboxylic acids is 1. The van der Waals surface area contributed by atoms with Crippen LogP contribution < -0.4 is 15.4 Å². The number of fused-ring (bicyclic) bond motifs is 1. The Hall–Kier alpha value is -4.95. The summed E-state index contributed by atoms with van der Waals surface area (Å²) < 4.78 is 40.3. The summed E-state index contributed by atoms with van der Waals surface area (Å²) in [6.45, 7) is 6.10. The van der Waals surface area contributed by atoms with Crippen molar-refractivity contribution in [2.75, 3.05) is 6.54 Å². The molecule has 256 valence electrons. The van der Waals surface area contributed by atoms with Crippen LogP contribution in [0.5, 0.6) is 5.88 Å². The van der Waals surface area contributed by atoms with Gasteiger partial charge in [0.25, 0.3) is 11.8 Å². The molecule has 3 heterocycles. The molecule has 5 rings (SSSR count). The Labute approximate surface area is 275 Å². The number of halogens is 2. The first-order valence-electron chi connectivity index (χ1n) is 15.9. The number of alkyl halides is 2. The van der Waals surface area contributed by atoms with Gasteiger partial charge in [0.2, 0.25) is 17.7 Å². The van der Waals surface area contributed by atoms with E-state index in [0.29, 0.717) is 18.9 Å². The van der Waals surface area contributed by atoms with Crippen molar-refractivity contribution in [3.05, 3.63) is 60.6 Å². The van der Waals surface area contributed by atoms with Crippen LogP contribution in [0.1, 0.15) is 75.0 Å². The van der Waals surface area contributed by atoms with Gasteiger partial charge in [-0.2, -0.15) is 8.78 Å². The van der Waals surface area contributed by atoms with Gasteiger partial charge in [0.15, 0.2) is 11.4 Å². The lowest BCUT2D eigenvalue weighted by molar-refractivity contribution is -0.145.